The molecule has 1 N–H and O–H groups in total. The van der Waals surface area contributed by atoms with E-state index >= 15 is 0 Å². The van der Waals surface area contributed by atoms with Crippen molar-refractivity contribution in [3.63, 3.8) is 0 Å². The van der Waals surface area contributed by atoms with Crippen LogP contribution in [0, 0.1) is 11.8 Å². The Morgan fingerprint density at radius 3 is 2.35 bits per heavy atom. The molecule has 1 aliphatic heterocycles. The van der Waals surface area contributed by atoms with Gasteiger partial charge in [0.1, 0.15) is 0 Å². The number of carboxylic acid groups (broad SMARTS) is 1. The van der Waals surface area contributed by atoms with Crippen LogP contribution in [0.2, 0.25) is 0 Å². The summed E-state index contributed by atoms with van der Waals surface area (Å²) in [6.45, 7) is 2.54. The fraction of sp³-hybridized carbons (Fsp3) is 0.429. The predicted molar refractivity (Wildman–Crippen MR) is 139 cm³/mol. The van der Waals surface area contributed by atoms with Gasteiger partial charge < -0.3 is 19.8 Å². The molecule has 1 saturated heterocycles. The number of rotatable bonds is 8. The third-order valence-electron chi connectivity index (χ3n) is 6.95. The maximum Gasteiger partial charge on any atom is 0.328 e. The summed E-state index contributed by atoms with van der Waals surface area (Å²) in [6.07, 6.45) is 8.09. The Morgan fingerprint density at radius 2 is 1.71 bits per heavy atom. The molecule has 0 aromatic heterocycles. The molecule has 0 radical (unpaired) electrons. The minimum absolute atomic E-state index is 0.0849. The summed E-state index contributed by atoms with van der Waals surface area (Å²) < 4.78 is 0. The van der Waals surface area contributed by atoms with Crippen molar-refractivity contribution in [2.45, 2.75) is 32.1 Å². The number of amides is 1. The topological polar surface area (TPSA) is 64.1 Å². The highest BCUT2D eigenvalue weighted by molar-refractivity contribution is 5.95. The second-order valence-electron chi connectivity index (χ2n) is 9.73. The number of carboxylic acids is 1. The highest BCUT2D eigenvalue weighted by atomic mass is 16.4. The van der Waals surface area contributed by atoms with E-state index < -0.39 is 5.97 Å². The fourth-order valence-electron chi connectivity index (χ4n) is 4.97. The molecule has 1 saturated carbocycles. The van der Waals surface area contributed by atoms with Gasteiger partial charge in [0.2, 0.25) is 5.91 Å². The number of benzene rings is 2. The fourth-order valence-corrected chi connectivity index (χ4v) is 4.97. The first-order chi connectivity index (χ1) is 16.4. The second-order valence-corrected chi connectivity index (χ2v) is 9.73. The highest BCUT2D eigenvalue weighted by Crippen LogP contribution is 2.32. The van der Waals surface area contributed by atoms with Gasteiger partial charge in [0, 0.05) is 68.7 Å². The number of nitrogens with zero attached hydrogens (tertiary/aromatic N) is 3. The quantitative estimate of drug-likeness (QED) is 0.567. The molecule has 180 valence electrons. The largest absolute Gasteiger partial charge is 0.478 e. The Labute approximate surface area is 202 Å². The molecule has 0 spiro atoms. The molecule has 2 fully saturated rings. The van der Waals surface area contributed by atoms with Crippen molar-refractivity contribution in [1.29, 1.82) is 0 Å². The molecule has 4 rings (SSSR count). The predicted octanol–water partition coefficient (Wildman–Crippen LogP) is 4.90. The van der Waals surface area contributed by atoms with Gasteiger partial charge in [-0.2, -0.15) is 0 Å². The first kappa shape index (κ1) is 23.9. The van der Waals surface area contributed by atoms with Crippen LogP contribution in [0.5, 0.6) is 0 Å². The van der Waals surface area contributed by atoms with Gasteiger partial charge in [-0.1, -0.05) is 31.4 Å². The van der Waals surface area contributed by atoms with E-state index in [0.717, 1.165) is 56.1 Å². The van der Waals surface area contributed by atoms with Crippen LogP contribution >= 0.6 is 0 Å². The summed E-state index contributed by atoms with van der Waals surface area (Å²) in [4.78, 5) is 31.0. The molecular weight excluding hydrogens is 426 g/mol. The van der Waals surface area contributed by atoms with Crippen LogP contribution < -0.4 is 14.7 Å². The van der Waals surface area contributed by atoms with Gasteiger partial charge in [0.25, 0.3) is 0 Å². The minimum Gasteiger partial charge on any atom is -0.478 e. The van der Waals surface area contributed by atoms with Gasteiger partial charge in [-0.15, -0.1) is 0 Å². The van der Waals surface area contributed by atoms with Gasteiger partial charge in [0.15, 0.2) is 0 Å². The molecule has 0 unspecified atom stereocenters. The van der Waals surface area contributed by atoms with E-state index in [0.29, 0.717) is 12.5 Å². The summed E-state index contributed by atoms with van der Waals surface area (Å²) >= 11 is 0. The van der Waals surface area contributed by atoms with Gasteiger partial charge in [-0.25, -0.2) is 4.79 Å². The van der Waals surface area contributed by atoms with E-state index in [1.807, 2.05) is 43.3 Å². The summed E-state index contributed by atoms with van der Waals surface area (Å²) in [5, 5.41) is 8.97. The molecule has 1 heterocycles. The van der Waals surface area contributed by atoms with Gasteiger partial charge in [0.05, 0.1) is 0 Å². The summed E-state index contributed by atoms with van der Waals surface area (Å²) in [5.41, 5.74) is 4.05. The number of anilines is 3. The third kappa shape index (κ3) is 5.79. The third-order valence-corrected chi connectivity index (χ3v) is 6.95. The maximum absolute atomic E-state index is 13.6. The van der Waals surface area contributed by atoms with Crippen LogP contribution in [-0.2, 0) is 9.59 Å². The summed E-state index contributed by atoms with van der Waals surface area (Å²) in [5.74, 6) is -0.275. The van der Waals surface area contributed by atoms with Crippen molar-refractivity contribution in [3.8, 4) is 0 Å². The first-order valence-electron chi connectivity index (χ1n) is 12.3. The van der Waals surface area contributed by atoms with Crippen molar-refractivity contribution >= 4 is 35.0 Å². The molecule has 1 amide bonds. The minimum atomic E-state index is -0.978. The van der Waals surface area contributed by atoms with Crippen LogP contribution in [0.3, 0.4) is 0 Å². The van der Waals surface area contributed by atoms with E-state index in [2.05, 4.69) is 34.1 Å². The number of hydrogen-bond donors (Lipinski definition) is 1. The summed E-state index contributed by atoms with van der Waals surface area (Å²) in [7, 11) is 4.08. The molecule has 2 aromatic rings. The molecule has 34 heavy (non-hydrogen) atoms. The smallest absolute Gasteiger partial charge is 0.328 e. The molecule has 2 aromatic carbocycles. The normalized spacial score (nSPS) is 16.9. The Balaban J connectivity index is 1.47. The van der Waals surface area contributed by atoms with Gasteiger partial charge >= 0.3 is 5.97 Å². The van der Waals surface area contributed by atoms with Crippen LogP contribution in [-0.4, -0.2) is 50.7 Å². The monoisotopic (exact) mass is 461 g/mol. The molecule has 0 atom stereocenters. The number of hydrogen-bond acceptors (Lipinski definition) is 4. The number of carbonyl (C=O) groups excluding carboxylic acids is 1. The highest BCUT2D eigenvalue weighted by Gasteiger charge is 2.33. The lowest BCUT2D eigenvalue weighted by Gasteiger charge is -2.44. The van der Waals surface area contributed by atoms with Crippen molar-refractivity contribution in [3.05, 3.63) is 60.2 Å². The Kier molecular flexibility index (Phi) is 7.56. The summed E-state index contributed by atoms with van der Waals surface area (Å²) in [6, 6.07) is 16.3. The molecule has 2 aliphatic rings. The lowest BCUT2D eigenvalue weighted by Crippen LogP contribution is -2.53. The van der Waals surface area contributed by atoms with E-state index in [4.69, 9.17) is 5.11 Å². The molecular formula is C28H35N3O3. The average Bonchev–Trinajstić information content (AvgIpc) is 2.82. The molecule has 6 nitrogen and oxygen atoms in total. The zero-order valence-electron chi connectivity index (χ0n) is 20.2. The molecule has 6 heteroatoms. The second kappa shape index (κ2) is 10.8. The van der Waals surface area contributed by atoms with Crippen LogP contribution in [0.15, 0.2) is 54.6 Å². The van der Waals surface area contributed by atoms with Crippen LogP contribution in [0.1, 0.15) is 37.7 Å². The van der Waals surface area contributed by atoms with E-state index in [1.54, 1.807) is 6.08 Å². The number of aliphatic carboxylic acids is 1. The van der Waals surface area contributed by atoms with Crippen molar-refractivity contribution < 1.29 is 14.7 Å². The lowest BCUT2D eigenvalue weighted by molar-refractivity contribution is -0.131. The van der Waals surface area contributed by atoms with Crippen LogP contribution in [0.25, 0.3) is 6.08 Å². The Bertz CT molecular complexity index is 1020. The lowest BCUT2D eigenvalue weighted by atomic mass is 9.87. The van der Waals surface area contributed by atoms with Gasteiger partial charge in [-0.05, 0) is 60.9 Å². The average molecular weight is 462 g/mol. The first-order valence-corrected chi connectivity index (χ1v) is 12.3. The SMILES string of the molecule is CN(C)c1ccc(N2CC(CN(C(=O)C3CCCCC3)c3cccc(C=CC(=O)O)c3)C2)cc1. The number of carbonyl (C=O) groups is 2. The van der Waals surface area contributed by atoms with Crippen molar-refractivity contribution in [2.24, 2.45) is 11.8 Å². The van der Waals surface area contributed by atoms with E-state index in [1.165, 1.54) is 17.8 Å². The van der Waals surface area contributed by atoms with Crippen molar-refractivity contribution in [2.75, 3.05) is 48.4 Å². The Morgan fingerprint density at radius 1 is 1.00 bits per heavy atom. The van der Waals surface area contributed by atoms with Crippen LogP contribution in [0.4, 0.5) is 17.1 Å². The Hall–Kier alpha value is -3.28. The standard InChI is InChI=1S/C28H35N3O3/c1-29(2)24-12-14-25(15-13-24)30-18-22(19-30)20-31(28(34)23-8-4-3-5-9-23)26-10-6-7-21(17-26)11-16-27(32)33/h6-7,10-17,22-23H,3-5,8-9,18-20H2,1-2H3,(H,32,33). The van der Waals surface area contributed by atoms with E-state index in [9.17, 15) is 9.59 Å². The zero-order valence-corrected chi connectivity index (χ0v) is 20.2. The maximum atomic E-state index is 13.6. The zero-order chi connectivity index (χ0) is 24.1. The van der Waals surface area contributed by atoms with E-state index in [-0.39, 0.29) is 11.8 Å². The molecule has 1 aliphatic carbocycles. The van der Waals surface area contributed by atoms with Gasteiger partial charge in [-0.3, -0.25) is 4.79 Å². The van der Waals surface area contributed by atoms with Crippen molar-refractivity contribution in [1.82, 2.24) is 0 Å². The molecule has 0 bridgehead atoms.